The first-order chi connectivity index (χ1) is 16.6. The fourth-order valence-electron chi connectivity index (χ4n) is 3.48. The average Bonchev–Trinajstić information content (AvgIpc) is 2.85. The van der Waals surface area contributed by atoms with Crippen molar-refractivity contribution in [3.05, 3.63) is 66.3 Å². The minimum atomic E-state index is -0.280. The maximum atomic E-state index is 11.5. The van der Waals surface area contributed by atoms with E-state index in [1.807, 2.05) is 18.2 Å². The Morgan fingerprint density at radius 3 is 2.74 bits per heavy atom. The van der Waals surface area contributed by atoms with Crippen LogP contribution in [0.5, 0.6) is 5.75 Å². The number of carbonyl (C=O) groups is 1. The van der Waals surface area contributed by atoms with E-state index in [0.717, 1.165) is 24.5 Å². The highest BCUT2D eigenvalue weighted by Crippen LogP contribution is 2.38. The van der Waals surface area contributed by atoms with Crippen molar-refractivity contribution in [3.63, 3.8) is 0 Å². The molecule has 0 unspecified atom stereocenters. The van der Waals surface area contributed by atoms with Crippen molar-refractivity contribution < 1.29 is 14.3 Å². The fourth-order valence-corrected chi connectivity index (χ4v) is 3.76. The van der Waals surface area contributed by atoms with Crippen LogP contribution in [0.2, 0.25) is 5.02 Å². The Hall–Kier alpha value is -3.82. The van der Waals surface area contributed by atoms with Crippen LogP contribution in [-0.4, -0.2) is 49.3 Å². The summed E-state index contributed by atoms with van der Waals surface area (Å²) in [5, 5.41) is 9.72. The van der Waals surface area contributed by atoms with Crippen molar-refractivity contribution in [2.45, 2.75) is 0 Å². The first kappa shape index (κ1) is 23.3. The summed E-state index contributed by atoms with van der Waals surface area (Å²) in [6.07, 6.45) is 2.85. The molecule has 0 aliphatic carbocycles. The number of nitrogens with zero attached hydrogens (tertiary/aromatic N) is 3. The van der Waals surface area contributed by atoms with Gasteiger partial charge in [0.15, 0.2) is 0 Å². The summed E-state index contributed by atoms with van der Waals surface area (Å²) >= 11 is 6.59. The summed E-state index contributed by atoms with van der Waals surface area (Å²) in [5.74, 6) is 1.28. The number of nitrogens with one attached hydrogen (secondary N) is 3. The normalized spacial score (nSPS) is 13.2. The van der Waals surface area contributed by atoms with Crippen LogP contribution in [0.1, 0.15) is 0 Å². The third kappa shape index (κ3) is 5.75. The lowest BCUT2D eigenvalue weighted by molar-refractivity contribution is -0.111. The number of benzene rings is 2. The minimum Gasteiger partial charge on any atom is -0.494 e. The number of hydrogen-bond acceptors (Lipinski definition) is 8. The van der Waals surface area contributed by atoms with E-state index in [1.165, 1.54) is 6.08 Å². The monoisotopic (exact) mass is 480 g/mol. The fraction of sp³-hybridized carbons (Fsp3) is 0.208. The number of rotatable bonds is 8. The summed E-state index contributed by atoms with van der Waals surface area (Å²) < 4.78 is 11.0. The Bertz CT molecular complexity index is 1180. The lowest BCUT2D eigenvalue weighted by atomic mass is 10.2. The second-order valence-corrected chi connectivity index (χ2v) is 7.80. The average molecular weight is 481 g/mol. The highest BCUT2D eigenvalue weighted by Gasteiger charge is 2.18. The van der Waals surface area contributed by atoms with Crippen LogP contribution < -0.4 is 25.6 Å². The van der Waals surface area contributed by atoms with Crippen LogP contribution in [0.25, 0.3) is 0 Å². The van der Waals surface area contributed by atoms with Gasteiger partial charge in [-0.3, -0.25) is 4.79 Å². The van der Waals surface area contributed by atoms with E-state index in [1.54, 1.807) is 37.6 Å². The molecule has 3 N–H and O–H groups in total. The quantitative estimate of drug-likeness (QED) is 0.402. The number of methoxy groups -OCH3 is 1. The van der Waals surface area contributed by atoms with Gasteiger partial charge >= 0.3 is 0 Å². The Labute approximate surface area is 202 Å². The van der Waals surface area contributed by atoms with Crippen LogP contribution in [0.3, 0.4) is 0 Å². The molecule has 1 saturated heterocycles. The van der Waals surface area contributed by atoms with Crippen LogP contribution in [-0.2, 0) is 9.53 Å². The van der Waals surface area contributed by atoms with Crippen LogP contribution in [0.4, 0.5) is 34.5 Å². The molecule has 1 aromatic heterocycles. The summed E-state index contributed by atoms with van der Waals surface area (Å²) in [6, 6.07) is 12.7. The first-order valence-corrected chi connectivity index (χ1v) is 11.0. The number of amides is 1. The SMILES string of the molecule is C=CC(=O)Nc1cccc(Nc2ccnc(Nc3cc(Cl)c(N4CCOCC4)cc3OC)n2)c1. The molecule has 34 heavy (non-hydrogen) atoms. The van der Waals surface area contributed by atoms with E-state index in [9.17, 15) is 4.79 Å². The van der Waals surface area contributed by atoms with Gasteiger partial charge in [-0.05, 0) is 36.4 Å². The molecule has 1 aliphatic heterocycles. The highest BCUT2D eigenvalue weighted by molar-refractivity contribution is 6.33. The van der Waals surface area contributed by atoms with Crippen molar-refractivity contribution in [2.24, 2.45) is 0 Å². The first-order valence-electron chi connectivity index (χ1n) is 10.7. The van der Waals surface area contributed by atoms with E-state index in [2.05, 4.69) is 37.4 Å². The second-order valence-electron chi connectivity index (χ2n) is 7.39. The molecule has 2 heterocycles. The number of morpholine rings is 1. The van der Waals surface area contributed by atoms with E-state index < -0.39 is 0 Å². The molecule has 2 aromatic carbocycles. The van der Waals surface area contributed by atoms with Gasteiger partial charge in [0.05, 0.1) is 36.7 Å². The number of carbonyl (C=O) groups excluding carboxylic acids is 1. The standard InChI is InChI=1S/C24H25ClN6O3/c1-3-23(32)28-17-6-4-5-16(13-17)27-22-7-8-26-24(30-22)29-19-14-18(25)20(15-21(19)33-2)31-9-11-34-12-10-31/h3-8,13-15H,1,9-12H2,2H3,(H,28,32)(H2,26,27,29,30). The molecular formula is C24H25ClN6O3. The Kier molecular flexibility index (Phi) is 7.46. The predicted molar refractivity (Wildman–Crippen MR) is 135 cm³/mol. The molecule has 0 radical (unpaired) electrons. The Morgan fingerprint density at radius 1 is 1.18 bits per heavy atom. The van der Waals surface area contributed by atoms with Crippen molar-refractivity contribution >= 4 is 52.0 Å². The molecule has 1 aliphatic rings. The van der Waals surface area contributed by atoms with Gasteiger partial charge in [0.2, 0.25) is 11.9 Å². The maximum Gasteiger partial charge on any atom is 0.247 e. The number of halogens is 1. The minimum absolute atomic E-state index is 0.280. The van der Waals surface area contributed by atoms with Gasteiger partial charge in [-0.2, -0.15) is 4.98 Å². The van der Waals surface area contributed by atoms with E-state index in [4.69, 9.17) is 21.1 Å². The molecule has 0 bridgehead atoms. The van der Waals surface area contributed by atoms with Gasteiger partial charge in [-0.15, -0.1) is 0 Å². The molecule has 9 nitrogen and oxygen atoms in total. The molecule has 176 valence electrons. The Morgan fingerprint density at radius 2 is 1.97 bits per heavy atom. The van der Waals surface area contributed by atoms with Crippen LogP contribution in [0.15, 0.2) is 61.3 Å². The number of ether oxygens (including phenoxy) is 2. The summed E-state index contributed by atoms with van der Waals surface area (Å²) in [6.45, 7) is 6.32. The molecule has 4 rings (SSSR count). The topological polar surface area (TPSA) is 101 Å². The van der Waals surface area contributed by atoms with Crippen molar-refractivity contribution in [1.29, 1.82) is 0 Å². The van der Waals surface area contributed by atoms with E-state index in [0.29, 0.717) is 47.1 Å². The smallest absolute Gasteiger partial charge is 0.247 e. The lowest BCUT2D eigenvalue weighted by Crippen LogP contribution is -2.36. The molecule has 0 saturated carbocycles. The molecule has 10 heteroatoms. The summed E-state index contributed by atoms with van der Waals surface area (Å²) in [4.78, 5) is 22.6. The zero-order chi connectivity index (χ0) is 23.9. The summed E-state index contributed by atoms with van der Waals surface area (Å²) in [7, 11) is 1.61. The lowest BCUT2D eigenvalue weighted by Gasteiger charge is -2.30. The zero-order valence-corrected chi connectivity index (χ0v) is 19.4. The van der Waals surface area contributed by atoms with Crippen LogP contribution in [0, 0.1) is 0 Å². The van der Waals surface area contributed by atoms with E-state index >= 15 is 0 Å². The third-order valence-corrected chi connectivity index (χ3v) is 5.41. The number of aromatic nitrogens is 2. The second kappa shape index (κ2) is 10.9. The highest BCUT2D eigenvalue weighted by atomic mass is 35.5. The van der Waals surface area contributed by atoms with Crippen molar-refractivity contribution in [3.8, 4) is 5.75 Å². The van der Waals surface area contributed by atoms with Gasteiger partial charge in [0.1, 0.15) is 11.6 Å². The van der Waals surface area contributed by atoms with Crippen molar-refractivity contribution in [2.75, 3.05) is 54.3 Å². The van der Waals surface area contributed by atoms with E-state index in [-0.39, 0.29) is 5.91 Å². The maximum absolute atomic E-state index is 11.5. The Balaban J connectivity index is 1.51. The van der Waals surface area contributed by atoms with Gasteiger partial charge in [0, 0.05) is 36.7 Å². The number of hydrogen-bond donors (Lipinski definition) is 3. The van der Waals surface area contributed by atoms with Crippen molar-refractivity contribution in [1.82, 2.24) is 9.97 Å². The zero-order valence-electron chi connectivity index (χ0n) is 18.7. The van der Waals surface area contributed by atoms with Crippen LogP contribution >= 0.6 is 11.6 Å². The molecule has 3 aromatic rings. The molecule has 0 atom stereocenters. The molecule has 0 spiro atoms. The third-order valence-electron chi connectivity index (χ3n) is 5.11. The van der Waals surface area contributed by atoms with Gasteiger partial charge in [-0.1, -0.05) is 24.2 Å². The summed E-state index contributed by atoms with van der Waals surface area (Å²) in [5.41, 5.74) is 2.94. The predicted octanol–water partition coefficient (Wildman–Crippen LogP) is 4.59. The van der Waals surface area contributed by atoms with Gasteiger partial charge in [0.25, 0.3) is 0 Å². The molecule has 1 amide bonds. The largest absolute Gasteiger partial charge is 0.494 e. The molecular weight excluding hydrogens is 456 g/mol. The van der Waals surface area contributed by atoms with Gasteiger partial charge < -0.3 is 30.3 Å². The molecule has 1 fully saturated rings. The number of anilines is 6. The van der Waals surface area contributed by atoms with Gasteiger partial charge in [-0.25, -0.2) is 4.98 Å².